The summed E-state index contributed by atoms with van der Waals surface area (Å²) in [5, 5.41) is 30.7. The minimum Gasteiger partial charge on any atom is -0.508 e. The van der Waals surface area contributed by atoms with Crippen LogP contribution in [0.25, 0.3) is 0 Å². The molecule has 0 aromatic rings. The Balaban J connectivity index is 1.80. The fourth-order valence-corrected chi connectivity index (χ4v) is 7.26. The van der Waals surface area contributed by atoms with E-state index in [0.29, 0.717) is 24.8 Å². The van der Waals surface area contributed by atoms with Crippen molar-refractivity contribution in [3.8, 4) is 0 Å². The molecule has 0 saturated heterocycles. The second-order valence-electron chi connectivity index (χ2n) is 9.74. The molecule has 5 nitrogen and oxygen atoms in total. The number of hydrogen-bond donors (Lipinski definition) is 3. The van der Waals surface area contributed by atoms with Crippen LogP contribution >= 0.6 is 0 Å². The largest absolute Gasteiger partial charge is 0.508 e. The van der Waals surface area contributed by atoms with Gasteiger partial charge >= 0.3 is 0 Å². The molecule has 3 N–H and O–H groups in total. The Labute approximate surface area is 164 Å². The number of fused-ring (bicyclic) bond motifs is 5. The summed E-state index contributed by atoms with van der Waals surface area (Å²) in [6.07, 6.45) is 4.47. The van der Waals surface area contributed by atoms with Crippen LogP contribution in [0.2, 0.25) is 0 Å². The first-order valence-electron chi connectivity index (χ1n) is 10.2. The lowest BCUT2D eigenvalue weighted by Crippen LogP contribution is -2.65. The van der Waals surface area contributed by atoms with E-state index >= 15 is 4.39 Å². The van der Waals surface area contributed by atoms with Gasteiger partial charge in [-0.1, -0.05) is 13.8 Å². The number of Topliss-reactive ketones (excluding diaryl/α,β-unsaturated/α-hetero) is 1. The van der Waals surface area contributed by atoms with Crippen molar-refractivity contribution in [3.63, 3.8) is 0 Å². The minimum absolute atomic E-state index is 0.0621. The monoisotopic (exact) mass is 392 g/mol. The molecule has 0 aromatic carbocycles. The average Bonchev–Trinajstić information content (AvgIpc) is 2.85. The molecule has 0 heterocycles. The second-order valence-corrected chi connectivity index (χ2v) is 9.74. The number of hydrogen-bond acceptors (Lipinski definition) is 5. The lowest BCUT2D eigenvalue weighted by molar-refractivity contribution is -0.188. The van der Waals surface area contributed by atoms with Gasteiger partial charge < -0.3 is 15.3 Å². The van der Waals surface area contributed by atoms with E-state index in [1.807, 2.05) is 6.92 Å². The van der Waals surface area contributed by atoms with Gasteiger partial charge in [0.2, 0.25) is 0 Å². The highest BCUT2D eigenvalue weighted by molar-refractivity contribution is 6.00. The average molecular weight is 392 g/mol. The van der Waals surface area contributed by atoms with Gasteiger partial charge in [-0.15, -0.1) is 0 Å². The molecule has 0 spiro atoms. The summed E-state index contributed by atoms with van der Waals surface area (Å²) in [5.74, 6) is -2.24. The molecule has 3 fully saturated rings. The topological polar surface area (TPSA) is 94.8 Å². The van der Waals surface area contributed by atoms with Crippen molar-refractivity contribution >= 4 is 11.6 Å². The summed E-state index contributed by atoms with van der Waals surface area (Å²) in [4.78, 5) is 25.4. The first-order valence-corrected chi connectivity index (χ1v) is 10.2. The van der Waals surface area contributed by atoms with Gasteiger partial charge in [0.15, 0.2) is 11.6 Å². The molecular formula is C22H29FO5. The Bertz CT molecular complexity index is 818. The zero-order valence-electron chi connectivity index (χ0n) is 16.7. The van der Waals surface area contributed by atoms with Gasteiger partial charge in [-0.05, 0) is 68.4 Å². The highest BCUT2D eigenvalue weighted by Crippen LogP contribution is 2.70. The third-order valence-electron chi connectivity index (χ3n) is 8.95. The van der Waals surface area contributed by atoms with E-state index in [-0.39, 0.29) is 30.4 Å². The number of rotatable bonds is 2. The number of ketones is 2. The predicted octanol–water partition coefficient (Wildman–Crippen LogP) is 2.81. The van der Waals surface area contributed by atoms with E-state index < -0.39 is 46.2 Å². The van der Waals surface area contributed by atoms with E-state index in [9.17, 15) is 24.9 Å². The van der Waals surface area contributed by atoms with E-state index in [1.54, 1.807) is 13.8 Å². The summed E-state index contributed by atoms with van der Waals surface area (Å²) >= 11 is 0. The molecule has 28 heavy (non-hydrogen) atoms. The fraction of sp³-hybridized carbons (Fsp3) is 0.727. The minimum atomic E-state index is -1.79. The van der Waals surface area contributed by atoms with Crippen molar-refractivity contribution in [1.29, 1.82) is 0 Å². The molecule has 4 aliphatic rings. The third-order valence-corrected chi connectivity index (χ3v) is 8.95. The number of aliphatic hydroxyl groups excluding tert-OH is 2. The number of allylic oxidation sites excluding steroid dienone is 3. The van der Waals surface area contributed by atoms with Gasteiger partial charge in [0.25, 0.3) is 0 Å². The first-order chi connectivity index (χ1) is 13.0. The van der Waals surface area contributed by atoms with Crippen LogP contribution in [0.4, 0.5) is 4.39 Å². The summed E-state index contributed by atoms with van der Waals surface area (Å²) in [5.41, 5.74) is -5.00. The van der Waals surface area contributed by atoms with Gasteiger partial charge in [-0.2, -0.15) is 0 Å². The molecule has 4 aliphatic carbocycles. The third kappa shape index (κ3) is 1.98. The standard InChI is InChI=1S/C22H29FO5/c1-12-8-16-15-5-4-13-9-14(25)10-17(26)20(13,3)21(15,23)7-6-19(16,2)22(12,28)18(27)11-24/h9-10,12,15-16,24-25,28H,4-8,11H2,1-3H3. The van der Waals surface area contributed by atoms with Crippen LogP contribution < -0.4 is 0 Å². The van der Waals surface area contributed by atoms with Crippen LogP contribution in [-0.2, 0) is 9.59 Å². The van der Waals surface area contributed by atoms with Crippen LogP contribution in [0.1, 0.15) is 52.9 Å². The first kappa shape index (κ1) is 19.8. The van der Waals surface area contributed by atoms with Crippen molar-refractivity contribution in [1.82, 2.24) is 0 Å². The predicted molar refractivity (Wildman–Crippen MR) is 100 cm³/mol. The van der Waals surface area contributed by atoms with Gasteiger partial charge in [-0.25, -0.2) is 4.39 Å². The highest BCUT2D eigenvalue weighted by atomic mass is 19.1. The molecule has 0 aliphatic heterocycles. The normalized spacial score (nSPS) is 50.2. The van der Waals surface area contributed by atoms with Gasteiger partial charge in [0.1, 0.15) is 23.6 Å². The Morgan fingerprint density at radius 1 is 1.25 bits per heavy atom. The number of alkyl halides is 1. The molecule has 3 saturated carbocycles. The molecular weight excluding hydrogens is 363 g/mol. The maximum absolute atomic E-state index is 16.8. The van der Waals surface area contributed by atoms with Crippen LogP contribution in [0, 0.1) is 28.6 Å². The molecule has 154 valence electrons. The van der Waals surface area contributed by atoms with E-state index in [0.717, 1.165) is 6.08 Å². The summed E-state index contributed by atoms with van der Waals surface area (Å²) < 4.78 is 16.8. The molecule has 0 amide bonds. The van der Waals surface area contributed by atoms with E-state index in [1.165, 1.54) is 6.08 Å². The lowest BCUT2D eigenvalue weighted by Gasteiger charge is -2.60. The van der Waals surface area contributed by atoms with Gasteiger partial charge in [-0.3, -0.25) is 9.59 Å². The van der Waals surface area contributed by atoms with Crippen molar-refractivity contribution in [3.05, 3.63) is 23.5 Å². The van der Waals surface area contributed by atoms with Crippen molar-refractivity contribution < 1.29 is 29.3 Å². The number of carbonyl (C=O) groups is 2. The summed E-state index contributed by atoms with van der Waals surface area (Å²) in [7, 11) is 0. The van der Waals surface area contributed by atoms with Crippen molar-refractivity contribution in [2.45, 2.75) is 64.1 Å². The molecule has 0 radical (unpaired) electrons. The number of halogens is 1. The zero-order valence-corrected chi connectivity index (χ0v) is 16.7. The lowest BCUT2D eigenvalue weighted by atomic mass is 9.45. The quantitative estimate of drug-likeness (QED) is 0.672. The zero-order chi connectivity index (χ0) is 20.7. The number of aliphatic hydroxyl groups is 3. The maximum Gasteiger partial charge on any atom is 0.190 e. The van der Waals surface area contributed by atoms with Crippen LogP contribution in [0.3, 0.4) is 0 Å². The second kappa shape index (κ2) is 5.76. The summed E-state index contributed by atoms with van der Waals surface area (Å²) in [6.45, 7) is 4.54. The molecule has 4 rings (SSSR count). The van der Waals surface area contributed by atoms with E-state index in [4.69, 9.17) is 0 Å². The Morgan fingerprint density at radius 3 is 2.57 bits per heavy atom. The Hall–Kier alpha value is -1.53. The number of carbonyl (C=O) groups excluding carboxylic acids is 2. The fourth-order valence-electron chi connectivity index (χ4n) is 7.26. The van der Waals surface area contributed by atoms with Crippen LogP contribution in [-0.4, -0.2) is 44.8 Å². The van der Waals surface area contributed by atoms with Crippen molar-refractivity contribution in [2.24, 2.45) is 28.6 Å². The highest BCUT2D eigenvalue weighted by Gasteiger charge is 2.74. The van der Waals surface area contributed by atoms with Crippen LogP contribution in [0.5, 0.6) is 0 Å². The maximum atomic E-state index is 16.8. The molecule has 0 bridgehead atoms. The van der Waals surface area contributed by atoms with Crippen molar-refractivity contribution in [2.75, 3.05) is 6.61 Å². The smallest absolute Gasteiger partial charge is 0.190 e. The SMILES string of the molecule is CC1CC2C3CCC4=CC(O)=CC(=O)C4(C)C3(F)CCC2(C)C1(O)C(=O)CO. The molecule has 0 aromatic heterocycles. The van der Waals surface area contributed by atoms with Gasteiger partial charge in [0, 0.05) is 11.5 Å². The van der Waals surface area contributed by atoms with Gasteiger partial charge in [0.05, 0.1) is 5.41 Å². The molecule has 7 atom stereocenters. The summed E-state index contributed by atoms with van der Waals surface area (Å²) in [6, 6.07) is 0. The molecule has 6 heteroatoms. The van der Waals surface area contributed by atoms with Crippen LogP contribution in [0.15, 0.2) is 23.5 Å². The molecule has 7 unspecified atom stereocenters. The van der Waals surface area contributed by atoms with E-state index in [2.05, 4.69) is 0 Å². The Morgan fingerprint density at radius 2 is 1.93 bits per heavy atom. The Kier molecular flexibility index (Phi) is 4.07.